The first-order valence-corrected chi connectivity index (χ1v) is 11.0. The summed E-state index contributed by atoms with van der Waals surface area (Å²) >= 11 is 1.78. The van der Waals surface area contributed by atoms with Crippen LogP contribution in [0.2, 0.25) is 0 Å². The van der Waals surface area contributed by atoms with Gasteiger partial charge in [0.1, 0.15) is 5.01 Å². The van der Waals surface area contributed by atoms with E-state index in [-0.39, 0.29) is 5.91 Å². The lowest BCUT2D eigenvalue weighted by molar-refractivity contribution is -0.132. The molecule has 1 fully saturated rings. The second-order valence-corrected chi connectivity index (χ2v) is 8.98. The van der Waals surface area contributed by atoms with E-state index in [1.807, 2.05) is 18.0 Å². The summed E-state index contributed by atoms with van der Waals surface area (Å²) < 4.78 is 1.25. The van der Waals surface area contributed by atoms with E-state index in [1.54, 1.807) is 11.3 Å². The van der Waals surface area contributed by atoms with Crippen molar-refractivity contribution in [1.82, 2.24) is 19.7 Å². The molecular formula is C23H28N4OS. The molecule has 2 heterocycles. The average Bonchev–Trinajstić information content (AvgIpc) is 3.13. The van der Waals surface area contributed by atoms with Crippen LogP contribution in [0.15, 0.2) is 48.5 Å². The fourth-order valence-electron chi connectivity index (χ4n) is 3.65. The number of piperazine rings is 1. The number of carbonyl (C=O) groups excluding carboxylic acids is 1. The highest BCUT2D eigenvalue weighted by molar-refractivity contribution is 7.18. The molecule has 0 atom stereocenters. The van der Waals surface area contributed by atoms with E-state index in [0.717, 1.165) is 38.2 Å². The zero-order chi connectivity index (χ0) is 20.2. The first-order valence-electron chi connectivity index (χ1n) is 10.2. The van der Waals surface area contributed by atoms with E-state index >= 15 is 0 Å². The van der Waals surface area contributed by atoms with Gasteiger partial charge >= 0.3 is 0 Å². The monoisotopic (exact) mass is 408 g/mol. The van der Waals surface area contributed by atoms with Gasteiger partial charge in [-0.25, -0.2) is 4.98 Å². The maximum atomic E-state index is 12.6. The third-order valence-corrected chi connectivity index (χ3v) is 6.51. The molecule has 0 aliphatic carbocycles. The smallest absolute Gasteiger partial charge is 0.236 e. The summed E-state index contributed by atoms with van der Waals surface area (Å²) in [6.07, 6.45) is 0. The van der Waals surface area contributed by atoms with E-state index in [2.05, 4.69) is 59.2 Å². The average molecular weight is 409 g/mol. The first-order chi connectivity index (χ1) is 14.1. The lowest BCUT2D eigenvalue weighted by Crippen LogP contribution is -2.49. The molecule has 5 nitrogen and oxygen atoms in total. The topological polar surface area (TPSA) is 39.7 Å². The molecule has 2 aromatic carbocycles. The third kappa shape index (κ3) is 5.21. The van der Waals surface area contributed by atoms with Crippen LogP contribution < -0.4 is 0 Å². The maximum Gasteiger partial charge on any atom is 0.236 e. The number of aromatic nitrogens is 1. The van der Waals surface area contributed by atoms with Crippen molar-refractivity contribution in [3.05, 3.63) is 64.7 Å². The van der Waals surface area contributed by atoms with E-state index in [4.69, 9.17) is 4.98 Å². The van der Waals surface area contributed by atoms with Gasteiger partial charge in [-0.1, -0.05) is 42.0 Å². The van der Waals surface area contributed by atoms with Crippen molar-refractivity contribution in [2.75, 3.05) is 39.8 Å². The molecule has 3 aromatic rings. The summed E-state index contributed by atoms with van der Waals surface area (Å²) in [5.41, 5.74) is 3.51. The lowest BCUT2D eigenvalue weighted by Gasteiger charge is -2.34. The second kappa shape index (κ2) is 9.03. The summed E-state index contributed by atoms with van der Waals surface area (Å²) in [5.74, 6) is 0.185. The Hall–Kier alpha value is -2.28. The Morgan fingerprint density at radius 3 is 2.45 bits per heavy atom. The van der Waals surface area contributed by atoms with Gasteiger partial charge in [-0.05, 0) is 24.6 Å². The largest absolute Gasteiger partial charge is 0.340 e. The second-order valence-electron chi connectivity index (χ2n) is 7.86. The van der Waals surface area contributed by atoms with Gasteiger partial charge in [-0.3, -0.25) is 14.6 Å². The highest BCUT2D eigenvalue weighted by Crippen LogP contribution is 2.23. The Labute approximate surface area is 176 Å². The predicted molar refractivity (Wildman–Crippen MR) is 119 cm³/mol. The molecule has 0 spiro atoms. The zero-order valence-corrected chi connectivity index (χ0v) is 18.0. The number of likely N-dealkylation sites (N-methyl/N-ethyl adjacent to an activating group) is 1. The number of para-hydroxylation sites is 1. The highest BCUT2D eigenvalue weighted by atomic mass is 32.1. The van der Waals surface area contributed by atoms with E-state index in [1.165, 1.54) is 20.8 Å². The summed E-state index contributed by atoms with van der Waals surface area (Å²) in [6, 6.07) is 16.7. The van der Waals surface area contributed by atoms with Crippen LogP contribution in [0.25, 0.3) is 10.2 Å². The van der Waals surface area contributed by atoms with E-state index in [9.17, 15) is 4.79 Å². The molecule has 6 heteroatoms. The number of fused-ring (bicyclic) bond motifs is 1. The van der Waals surface area contributed by atoms with Gasteiger partial charge in [0.2, 0.25) is 5.91 Å². The van der Waals surface area contributed by atoms with Crippen LogP contribution in [0.4, 0.5) is 0 Å². The molecule has 152 valence electrons. The Balaban J connectivity index is 1.23. The minimum Gasteiger partial charge on any atom is -0.340 e. The molecule has 1 aliphatic rings. The molecule has 0 saturated carbocycles. The van der Waals surface area contributed by atoms with Crippen molar-refractivity contribution in [3.8, 4) is 0 Å². The summed E-state index contributed by atoms with van der Waals surface area (Å²) in [7, 11) is 1.89. The summed E-state index contributed by atoms with van der Waals surface area (Å²) in [5, 5.41) is 1.17. The molecule has 1 amide bonds. The number of benzene rings is 2. The number of thiazole rings is 1. The number of hydrogen-bond donors (Lipinski definition) is 0. The number of nitrogens with zero attached hydrogens (tertiary/aromatic N) is 4. The molecule has 29 heavy (non-hydrogen) atoms. The number of aryl methyl sites for hydroxylation is 1. The van der Waals surface area contributed by atoms with Gasteiger partial charge in [-0.2, -0.15) is 0 Å². The maximum absolute atomic E-state index is 12.6. The van der Waals surface area contributed by atoms with E-state index < -0.39 is 0 Å². The van der Waals surface area contributed by atoms with Crippen LogP contribution in [-0.2, 0) is 17.9 Å². The van der Waals surface area contributed by atoms with Crippen LogP contribution in [0.3, 0.4) is 0 Å². The molecule has 0 bridgehead atoms. The number of hydrogen-bond acceptors (Lipinski definition) is 5. The molecule has 4 rings (SSSR count). The van der Waals surface area contributed by atoms with E-state index in [0.29, 0.717) is 13.1 Å². The minimum absolute atomic E-state index is 0.185. The highest BCUT2D eigenvalue weighted by Gasteiger charge is 2.21. The lowest BCUT2D eigenvalue weighted by atomic mass is 10.1. The Morgan fingerprint density at radius 2 is 1.72 bits per heavy atom. The zero-order valence-electron chi connectivity index (χ0n) is 17.2. The molecule has 1 aromatic heterocycles. The van der Waals surface area contributed by atoms with Gasteiger partial charge in [0, 0.05) is 39.8 Å². The van der Waals surface area contributed by atoms with Crippen molar-refractivity contribution in [2.24, 2.45) is 0 Å². The van der Waals surface area contributed by atoms with Crippen molar-refractivity contribution < 1.29 is 4.79 Å². The van der Waals surface area contributed by atoms with Gasteiger partial charge in [0.25, 0.3) is 0 Å². The molecule has 0 radical (unpaired) electrons. The molecule has 1 saturated heterocycles. The molecule has 1 aliphatic heterocycles. The summed E-state index contributed by atoms with van der Waals surface area (Å²) in [6.45, 7) is 7.94. The van der Waals surface area contributed by atoms with Crippen molar-refractivity contribution in [3.63, 3.8) is 0 Å². The fourth-order valence-corrected chi connectivity index (χ4v) is 4.66. The quantitative estimate of drug-likeness (QED) is 0.627. The van der Waals surface area contributed by atoms with Gasteiger partial charge in [0.05, 0.1) is 23.3 Å². The van der Waals surface area contributed by atoms with Crippen molar-refractivity contribution in [1.29, 1.82) is 0 Å². The normalized spacial score (nSPS) is 15.7. The number of carbonyl (C=O) groups is 1. The van der Waals surface area contributed by atoms with Gasteiger partial charge < -0.3 is 4.90 Å². The number of amides is 1. The standard InChI is InChI=1S/C23H28N4OS/c1-18-7-9-19(10-8-18)15-25(2)23(28)17-27-13-11-26(12-14-27)16-22-24-20-5-3-4-6-21(20)29-22/h3-10H,11-17H2,1-2H3. The third-order valence-electron chi connectivity index (χ3n) is 5.49. The molecule has 0 unspecified atom stereocenters. The predicted octanol–water partition coefficient (Wildman–Crippen LogP) is 3.38. The Bertz CT molecular complexity index is 927. The van der Waals surface area contributed by atoms with Gasteiger partial charge in [0.15, 0.2) is 0 Å². The van der Waals surface area contributed by atoms with Crippen LogP contribution in [0.5, 0.6) is 0 Å². The van der Waals surface area contributed by atoms with Gasteiger partial charge in [-0.15, -0.1) is 11.3 Å². The van der Waals surface area contributed by atoms with Crippen LogP contribution in [-0.4, -0.2) is 65.4 Å². The first kappa shape index (κ1) is 20.0. The van der Waals surface area contributed by atoms with Crippen LogP contribution in [0, 0.1) is 6.92 Å². The van der Waals surface area contributed by atoms with Crippen molar-refractivity contribution >= 4 is 27.5 Å². The van der Waals surface area contributed by atoms with Crippen molar-refractivity contribution in [2.45, 2.75) is 20.0 Å². The fraction of sp³-hybridized carbons (Fsp3) is 0.391. The van der Waals surface area contributed by atoms with Crippen LogP contribution >= 0.6 is 11.3 Å². The minimum atomic E-state index is 0.185. The Morgan fingerprint density at radius 1 is 1.03 bits per heavy atom. The molecule has 0 N–H and O–H groups in total. The molecular weight excluding hydrogens is 380 g/mol. The SMILES string of the molecule is Cc1ccc(CN(C)C(=O)CN2CCN(Cc3nc4ccccc4s3)CC2)cc1. The van der Waals surface area contributed by atoms with Crippen LogP contribution in [0.1, 0.15) is 16.1 Å². The Kier molecular flexibility index (Phi) is 6.23. The number of rotatable bonds is 6. The summed E-state index contributed by atoms with van der Waals surface area (Å²) in [4.78, 5) is 23.9.